The number of amides is 2. The third-order valence-electron chi connectivity index (χ3n) is 4.01. The number of para-hydroxylation sites is 1. The second kappa shape index (κ2) is 7.64. The monoisotopic (exact) mass is 324 g/mol. The lowest BCUT2D eigenvalue weighted by atomic mass is 10.2. The number of rotatable bonds is 2. The van der Waals surface area contributed by atoms with Gasteiger partial charge in [0.2, 0.25) is 0 Å². The molecule has 1 saturated heterocycles. The first kappa shape index (κ1) is 16.1. The molecule has 0 bridgehead atoms. The lowest BCUT2D eigenvalue weighted by molar-refractivity contribution is 0.0760. The quantitative estimate of drug-likeness (QED) is 0.853. The summed E-state index contributed by atoms with van der Waals surface area (Å²) in [5.74, 6) is 0.540. The van der Waals surface area contributed by atoms with Crippen molar-refractivity contribution < 1.29 is 14.3 Å². The summed E-state index contributed by atoms with van der Waals surface area (Å²) in [6.45, 7) is 2.22. The van der Waals surface area contributed by atoms with E-state index in [1.807, 2.05) is 48.5 Å². The number of hydrogen-bond acceptors (Lipinski definition) is 3. The Kier molecular flexibility index (Phi) is 5.11. The molecule has 1 aliphatic rings. The van der Waals surface area contributed by atoms with Crippen LogP contribution in [0, 0.1) is 0 Å². The molecule has 0 atom stereocenters. The van der Waals surface area contributed by atoms with Gasteiger partial charge in [-0.05, 0) is 30.7 Å². The van der Waals surface area contributed by atoms with Gasteiger partial charge in [-0.3, -0.25) is 4.79 Å². The molecule has 0 radical (unpaired) electrons. The highest BCUT2D eigenvalue weighted by Crippen LogP contribution is 2.13. The van der Waals surface area contributed by atoms with Crippen LogP contribution < -0.4 is 4.74 Å². The van der Waals surface area contributed by atoms with Gasteiger partial charge < -0.3 is 14.5 Å². The Morgan fingerprint density at radius 1 is 0.750 bits per heavy atom. The van der Waals surface area contributed by atoms with Gasteiger partial charge in [0.05, 0.1) is 0 Å². The normalized spacial score (nSPS) is 14.8. The highest BCUT2D eigenvalue weighted by molar-refractivity contribution is 5.94. The first-order valence-corrected chi connectivity index (χ1v) is 8.10. The van der Waals surface area contributed by atoms with E-state index in [9.17, 15) is 9.59 Å². The van der Waals surface area contributed by atoms with Crippen LogP contribution in [0.5, 0.6) is 5.75 Å². The minimum atomic E-state index is -0.366. The molecule has 3 rings (SSSR count). The van der Waals surface area contributed by atoms with Crippen LogP contribution in [0.4, 0.5) is 4.79 Å². The first-order chi connectivity index (χ1) is 11.7. The zero-order valence-electron chi connectivity index (χ0n) is 13.4. The van der Waals surface area contributed by atoms with Crippen molar-refractivity contribution >= 4 is 12.0 Å². The molecule has 0 aliphatic carbocycles. The molecular formula is C19H20N2O3. The molecule has 0 N–H and O–H groups in total. The van der Waals surface area contributed by atoms with E-state index in [4.69, 9.17) is 4.74 Å². The maximum absolute atomic E-state index is 12.5. The minimum Gasteiger partial charge on any atom is -0.410 e. The van der Waals surface area contributed by atoms with E-state index < -0.39 is 0 Å². The summed E-state index contributed by atoms with van der Waals surface area (Å²) in [6, 6.07) is 18.3. The number of hydrogen-bond donors (Lipinski definition) is 0. The molecule has 0 unspecified atom stereocenters. The Morgan fingerprint density at radius 2 is 1.33 bits per heavy atom. The van der Waals surface area contributed by atoms with Crippen molar-refractivity contribution in [1.29, 1.82) is 0 Å². The SMILES string of the molecule is O=C(Oc1ccccc1)N1CCCN(C(=O)c2ccccc2)CC1. The minimum absolute atomic E-state index is 0.00822. The third-order valence-corrected chi connectivity index (χ3v) is 4.01. The molecule has 2 amide bonds. The van der Waals surface area contributed by atoms with E-state index >= 15 is 0 Å². The summed E-state index contributed by atoms with van der Waals surface area (Å²) in [5.41, 5.74) is 0.679. The maximum atomic E-state index is 12.5. The molecule has 5 nitrogen and oxygen atoms in total. The predicted octanol–water partition coefficient (Wildman–Crippen LogP) is 3.03. The molecule has 2 aromatic rings. The number of nitrogens with zero attached hydrogens (tertiary/aromatic N) is 2. The van der Waals surface area contributed by atoms with Crippen molar-refractivity contribution in [1.82, 2.24) is 9.80 Å². The van der Waals surface area contributed by atoms with Crippen LogP contribution in [0.2, 0.25) is 0 Å². The van der Waals surface area contributed by atoms with Crippen molar-refractivity contribution in [2.45, 2.75) is 6.42 Å². The van der Waals surface area contributed by atoms with Crippen LogP contribution in [0.15, 0.2) is 60.7 Å². The Bertz CT molecular complexity index is 688. The molecule has 1 heterocycles. The first-order valence-electron chi connectivity index (χ1n) is 8.10. The average molecular weight is 324 g/mol. The fourth-order valence-electron chi connectivity index (χ4n) is 2.72. The molecule has 1 fully saturated rings. The summed E-state index contributed by atoms with van der Waals surface area (Å²) in [7, 11) is 0. The third kappa shape index (κ3) is 3.93. The molecule has 0 aromatic heterocycles. The van der Waals surface area contributed by atoms with E-state index in [-0.39, 0.29) is 12.0 Å². The molecule has 124 valence electrons. The molecular weight excluding hydrogens is 304 g/mol. The van der Waals surface area contributed by atoms with Crippen LogP contribution in [-0.4, -0.2) is 48.0 Å². The van der Waals surface area contributed by atoms with Crippen LogP contribution in [0.1, 0.15) is 16.8 Å². The lowest BCUT2D eigenvalue weighted by Gasteiger charge is -2.21. The van der Waals surface area contributed by atoms with Gasteiger partial charge in [-0.15, -0.1) is 0 Å². The van der Waals surface area contributed by atoms with Gasteiger partial charge in [0, 0.05) is 31.7 Å². The van der Waals surface area contributed by atoms with Gasteiger partial charge >= 0.3 is 6.09 Å². The smallest absolute Gasteiger partial charge is 0.410 e. The van der Waals surface area contributed by atoms with Gasteiger partial charge in [0.1, 0.15) is 5.75 Å². The van der Waals surface area contributed by atoms with Gasteiger partial charge in [-0.2, -0.15) is 0 Å². The molecule has 0 spiro atoms. The Hall–Kier alpha value is -2.82. The van der Waals surface area contributed by atoms with E-state index in [2.05, 4.69) is 0 Å². The number of carbonyl (C=O) groups is 2. The lowest BCUT2D eigenvalue weighted by Crippen LogP contribution is -2.38. The summed E-state index contributed by atoms with van der Waals surface area (Å²) >= 11 is 0. The summed E-state index contributed by atoms with van der Waals surface area (Å²) in [4.78, 5) is 28.2. The molecule has 0 saturated carbocycles. The zero-order chi connectivity index (χ0) is 16.8. The van der Waals surface area contributed by atoms with E-state index in [0.717, 1.165) is 6.42 Å². The molecule has 5 heteroatoms. The summed E-state index contributed by atoms with van der Waals surface area (Å²) < 4.78 is 5.37. The van der Waals surface area contributed by atoms with Gasteiger partial charge in [-0.1, -0.05) is 36.4 Å². The standard InChI is InChI=1S/C19H20N2O3/c22-18(16-8-3-1-4-9-16)20-12-7-13-21(15-14-20)19(23)24-17-10-5-2-6-11-17/h1-6,8-11H,7,12-15H2. The molecule has 1 aliphatic heterocycles. The van der Waals surface area contributed by atoms with Crippen LogP contribution in [0.25, 0.3) is 0 Å². The Morgan fingerprint density at radius 3 is 2.04 bits per heavy atom. The summed E-state index contributed by atoms with van der Waals surface area (Å²) in [5, 5.41) is 0. The number of ether oxygens (including phenoxy) is 1. The highest BCUT2D eigenvalue weighted by Gasteiger charge is 2.23. The van der Waals surface area contributed by atoms with Crippen molar-refractivity contribution in [3.8, 4) is 5.75 Å². The Labute approximate surface area is 141 Å². The van der Waals surface area contributed by atoms with Crippen molar-refractivity contribution in [2.24, 2.45) is 0 Å². The second-order valence-electron chi connectivity index (χ2n) is 5.68. The van der Waals surface area contributed by atoms with E-state index in [1.165, 1.54) is 0 Å². The van der Waals surface area contributed by atoms with Gasteiger partial charge in [-0.25, -0.2) is 4.79 Å². The van der Waals surface area contributed by atoms with Crippen LogP contribution in [0.3, 0.4) is 0 Å². The topological polar surface area (TPSA) is 49.9 Å². The highest BCUT2D eigenvalue weighted by atomic mass is 16.6. The van der Waals surface area contributed by atoms with E-state index in [0.29, 0.717) is 37.5 Å². The fourth-order valence-corrected chi connectivity index (χ4v) is 2.72. The molecule has 24 heavy (non-hydrogen) atoms. The number of benzene rings is 2. The van der Waals surface area contributed by atoms with Crippen molar-refractivity contribution in [3.63, 3.8) is 0 Å². The van der Waals surface area contributed by atoms with E-state index in [1.54, 1.807) is 21.9 Å². The van der Waals surface area contributed by atoms with Crippen molar-refractivity contribution in [3.05, 3.63) is 66.2 Å². The zero-order valence-corrected chi connectivity index (χ0v) is 13.4. The predicted molar refractivity (Wildman–Crippen MR) is 91.0 cm³/mol. The van der Waals surface area contributed by atoms with Gasteiger partial charge in [0.15, 0.2) is 0 Å². The second-order valence-corrected chi connectivity index (χ2v) is 5.68. The maximum Gasteiger partial charge on any atom is 0.415 e. The van der Waals surface area contributed by atoms with Crippen LogP contribution in [-0.2, 0) is 0 Å². The summed E-state index contributed by atoms with van der Waals surface area (Å²) in [6.07, 6.45) is 0.373. The van der Waals surface area contributed by atoms with Crippen molar-refractivity contribution in [2.75, 3.05) is 26.2 Å². The molecule has 2 aromatic carbocycles. The fraction of sp³-hybridized carbons (Fsp3) is 0.263. The Balaban J connectivity index is 1.59. The average Bonchev–Trinajstić information content (AvgIpc) is 2.89. The van der Waals surface area contributed by atoms with Crippen LogP contribution >= 0.6 is 0 Å². The largest absolute Gasteiger partial charge is 0.415 e. The van der Waals surface area contributed by atoms with Gasteiger partial charge in [0.25, 0.3) is 5.91 Å². The number of carbonyl (C=O) groups excluding carboxylic acids is 2.